The summed E-state index contributed by atoms with van der Waals surface area (Å²) in [7, 11) is 0. The summed E-state index contributed by atoms with van der Waals surface area (Å²) >= 11 is 15.2. The van der Waals surface area contributed by atoms with Crippen LogP contribution in [0.4, 0.5) is 0 Å². The highest BCUT2D eigenvalue weighted by molar-refractivity contribution is 7.80. The number of aromatic nitrogens is 1. The molecule has 0 bridgehead atoms. The molecule has 2 heterocycles. The number of aromatic amines is 1. The molecule has 6 aromatic rings. The smallest absolute Gasteiger partial charge is 0.244 e. The highest BCUT2D eigenvalue weighted by atomic mass is 35.5. The van der Waals surface area contributed by atoms with E-state index in [0.717, 1.165) is 5.56 Å². The van der Waals surface area contributed by atoms with E-state index in [2.05, 4.69) is 77.7 Å². The van der Waals surface area contributed by atoms with Crippen LogP contribution >= 0.6 is 36.9 Å². The number of carbonyl (C=O) groups excluding carboxylic acids is 9. The third-order valence-corrected chi connectivity index (χ3v) is 18.2. The summed E-state index contributed by atoms with van der Waals surface area (Å²) < 4.78 is 0. The van der Waals surface area contributed by atoms with Crippen LogP contribution < -0.4 is 54.0 Å². The molecule has 29 heteroatoms. The van der Waals surface area contributed by atoms with Crippen LogP contribution in [-0.2, 0) is 68.8 Å². The van der Waals surface area contributed by atoms with Crippen molar-refractivity contribution in [2.75, 3.05) is 37.7 Å². The summed E-state index contributed by atoms with van der Waals surface area (Å²) in [6.45, 7) is 4.42. The molecule has 1 unspecified atom stereocenters. The van der Waals surface area contributed by atoms with Gasteiger partial charge in [-0.2, -0.15) is 25.3 Å². The van der Waals surface area contributed by atoms with Gasteiger partial charge in [0.15, 0.2) is 11.5 Å². The van der Waals surface area contributed by atoms with Gasteiger partial charge in [0.05, 0.1) is 11.1 Å². The number of halogens is 1. The first-order valence-corrected chi connectivity index (χ1v) is 34.0. The minimum absolute atomic E-state index is 0.00131. The fourth-order valence-electron chi connectivity index (χ4n) is 11.6. The number of aliphatic hydroxyl groups excluding tert-OH is 1. The number of hydrogen-bond donors (Lipinski definition) is 18. The molecule has 7 rings (SSSR count). The van der Waals surface area contributed by atoms with Crippen LogP contribution in [0.2, 0.25) is 5.02 Å². The monoisotopic (exact) mass is 1410 g/mol. The SMILES string of the molecule is CC[C@H](NC(=O)[C@H](CCCCN)NC(=O)[C@@H](Cc1c[nH]c2ccccc12)NC(=O)[C@H](Cc1ccc(O)cc1)NC(=O)[C@H](CS)NC(=O)[C@@H](Cc1ccccc1)NC(=O)CCCN1CCc2c(cc(O)c(O)c2Cl)C(c2ccc(O)cc2)C1)C(=O)N[C@@H](CS)C(=O)N[C@H](C(N)=O)[C@@H](C)O. The Morgan fingerprint density at radius 1 is 0.622 bits per heavy atom. The molecule has 0 spiro atoms. The van der Waals surface area contributed by atoms with Gasteiger partial charge in [-0.15, -0.1) is 0 Å². The number of phenols is 4. The number of aliphatic hydroxyl groups is 1. The molecular formula is C69H87ClN12O14S2. The molecule has 526 valence electrons. The molecule has 1 aliphatic heterocycles. The summed E-state index contributed by atoms with van der Waals surface area (Å²) in [6.07, 6.45) is 1.44. The molecule has 0 fully saturated rings. The predicted molar refractivity (Wildman–Crippen MR) is 375 cm³/mol. The van der Waals surface area contributed by atoms with Crippen molar-refractivity contribution in [2.45, 2.75) is 138 Å². The molecular weight excluding hydrogens is 1320 g/mol. The molecule has 98 heavy (non-hydrogen) atoms. The fourth-order valence-corrected chi connectivity index (χ4v) is 12.4. The standard InChI is InChI=1S/C69H87ClN12O14S2/c1-3-49(63(90)79-56(37-98)69(96)81-60(38(2)83)62(72)89)75-64(91)51(16-9-10-27-71)76-67(94)54(32-42-34-73-50-15-8-7-14-45(42)50)78-66(93)53(31-40-18-22-43(84)23-19-40)77-68(95)55(36-97)80-65(92)52(30-39-12-5-4-6-13-39)74-58(87)17-11-28-82-29-26-46-47(33-57(86)61(88)59(46)70)48(35-82)41-20-24-44(85)25-21-41/h4-8,12-15,18-25,33-34,38,48-49,51-56,60,73,83-86,88,97-98H,3,9-11,16-17,26-32,35-37,71H2,1-2H3,(H2,72,89)(H,74,87)(H,75,91)(H,76,94)(H,77,95)(H,78,93)(H,79,90)(H,80,92)(H,81,96)/t38-,48?,49+,51+,52-,53+,54-,55+,56+,60+/m1/s1. The Morgan fingerprint density at radius 2 is 1.13 bits per heavy atom. The van der Waals surface area contributed by atoms with E-state index in [9.17, 15) is 63.9 Å². The van der Waals surface area contributed by atoms with Gasteiger partial charge in [-0.1, -0.05) is 91.3 Å². The number of para-hydroxylation sites is 1. The van der Waals surface area contributed by atoms with Gasteiger partial charge in [0.2, 0.25) is 53.2 Å². The van der Waals surface area contributed by atoms with Crippen LogP contribution in [0.1, 0.15) is 91.7 Å². The molecule has 9 amide bonds. The molecule has 0 saturated heterocycles. The van der Waals surface area contributed by atoms with Gasteiger partial charge in [0.25, 0.3) is 0 Å². The van der Waals surface area contributed by atoms with Crippen molar-refractivity contribution in [2.24, 2.45) is 11.5 Å². The zero-order chi connectivity index (χ0) is 71.2. The predicted octanol–water partition coefficient (Wildman–Crippen LogP) is 2.29. The topological polar surface area (TPSA) is 422 Å². The fraction of sp³-hybridized carbons (Fsp3) is 0.406. The summed E-state index contributed by atoms with van der Waals surface area (Å²) in [5.41, 5.74) is 15.8. The lowest BCUT2D eigenvalue weighted by Crippen LogP contribution is -2.61. The van der Waals surface area contributed by atoms with Crippen LogP contribution in [0.25, 0.3) is 10.9 Å². The van der Waals surface area contributed by atoms with E-state index in [1.165, 1.54) is 37.3 Å². The highest BCUT2D eigenvalue weighted by Gasteiger charge is 2.36. The normalized spacial score (nSPS) is 15.8. The van der Waals surface area contributed by atoms with E-state index < -0.39 is 113 Å². The van der Waals surface area contributed by atoms with Crippen LogP contribution in [0.3, 0.4) is 0 Å². The molecule has 18 N–H and O–H groups in total. The second-order valence-electron chi connectivity index (χ2n) is 24.2. The number of phenolic OH excluding ortho intramolecular Hbond substituents is 4. The number of nitrogens with one attached hydrogen (secondary N) is 9. The Bertz CT molecular complexity index is 3740. The zero-order valence-corrected chi connectivity index (χ0v) is 56.9. The van der Waals surface area contributed by atoms with E-state index in [0.29, 0.717) is 84.0 Å². The number of nitrogens with two attached hydrogens (primary N) is 2. The average Bonchev–Trinajstić information content (AvgIpc) is 1.54. The van der Waals surface area contributed by atoms with Crippen LogP contribution in [0.15, 0.2) is 115 Å². The van der Waals surface area contributed by atoms with Crippen molar-refractivity contribution in [3.63, 3.8) is 0 Å². The summed E-state index contributed by atoms with van der Waals surface area (Å²) in [5, 5.41) is 73.6. The second-order valence-corrected chi connectivity index (χ2v) is 25.3. The number of nitrogens with zero attached hydrogens (tertiary/aromatic N) is 1. The number of amides is 9. The van der Waals surface area contributed by atoms with E-state index in [1.54, 1.807) is 79.9 Å². The number of primary amides is 1. The van der Waals surface area contributed by atoms with Gasteiger partial charge in [-0.3, -0.25) is 43.2 Å². The van der Waals surface area contributed by atoms with Gasteiger partial charge in [-0.25, -0.2) is 0 Å². The van der Waals surface area contributed by atoms with E-state index in [1.807, 2.05) is 12.1 Å². The van der Waals surface area contributed by atoms with Gasteiger partial charge in [0, 0.05) is 73.3 Å². The van der Waals surface area contributed by atoms with E-state index >= 15 is 4.79 Å². The molecule has 10 atom stereocenters. The van der Waals surface area contributed by atoms with Crippen molar-refractivity contribution >= 4 is 101 Å². The molecule has 0 aliphatic carbocycles. The molecule has 0 saturated carbocycles. The van der Waals surface area contributed by atoms with Crippen molar-refractivity contribution in [3.05, 3.63) is 154 Å². The highest BCUT2D eigenvalue weighted by Crippen LogP contribution is 2.44. The van der Waals surface area contributed by atoms with E-state index in [-0.39, 0.29) is 84.8 Å². The first-order chi connectivity index (χ1) is 46.9. The number of thiol groups is 2. The van der Waals surface area contributed by atoms with Gasteiger partial charge in [0.1, 0.15) is 59.8 Å². The first kappa shape index (κ1) is 76.3. The van der Waals surface area contributed by atoms with Crippen LogP contribution in [0.5, 0.6) is 23.0 Å². The van der Waals surface area contributed by atoms with Crippen molar-refractivity contribution in [3.8, 4) is 23.0 Å². The van der Waals surface area contributed by atoms with Crippen molar-refractivity contribution < 1.29 is 68.7 Å². The molecule has 1 aromatic heterocycles. The number of rotatable bonds is 35. The molecule has 5 aromatic carbocycles. The Labute approximate surface area is 583 Å². The average molecular weight is 1410 g/mol. The maximum Gasteiger partial charge on any atom is 0.244 e. The Kier molecular flexibility index (Phi) is 28.9. The minimum atomic E-state index is -1.49. The lowest BCUT2D eigenvalue weighted by molar-refractivity contribution is -0.135. The van der Waals surface area contributed by atoms with Gasteiger partial charge in [-0.05, 0) is 128 Å². The van der Waals surface area contributed by atoms with E-state index in [4.69, 9.17) is 23.1 Å². The van der Waals surface area contributed by atoms with Crippen LogP contribution in [-0.4, -0.2) is 181 Å². The summed E-state index contributed by atoms with van der Waals surface area (Å²) in [6, 6.07) is 19.1. The number of aromatic hydroxyl groups is 4. The Hall–Kier alpha value is -9.06. The first-order valence-electron chi connectivity index (χ1n) is 32.3. The minimum Gasteiger partial charge on any atom is -0.508 e. The largest absolute Gasteiger partial charge is 0.508 e. The number of fused-ring (bicyclic) bond motifs is 2. The maximum atomic E-state index is 15.0. The number of unbranched alkanes of at least 4 members (excludes halogenated alkanes) is 1. The number of carbonyl (C=O) groups is 9. The van der Waals surface area contributed by atoms with Crippen LogP contribution in [0, 0.1) is 0 Å². The lowest BCUT2D eigenvalue weighted by atomic mass is 9.87. The number of benzene rings is 5. The third-order valence-electron chi connectivity index (χ3n) is 17.0. The Morgan fingerprint density at radius 3 is 1.72 bits per heavy atom. The van der Waals surface area contributed by atoms with Crippen molar-refractivity contribution in [1.82, 2.24) is 52.4 Å². The second kappa shape index (κ2) is 37.1. The quantitative estimate of drug-likeness (QED) is 0.0154. The summed E-state index contributed by atoms with van der Waals surface area (Å²) in [5.74, 6) is -9.02. The molecule has 26 nitrogen and oxygen atoms in total. The maximum absolute atomic E-state index is 15.0. The Balaban J connectivity index is 1.08. The summed E-state index contributed by atoms with van der Waals surface area (Å²) in [4.78, 5) is 132. The zero-order valence-electron chi connectivity index (χ0n) is 54.3. The number of H-pyrrole nitrogens is 1. The molecule has 0 radical (unpaired) electrons. The van der Waals surface area contributed by atoms with Gasteiger partial charge < -0.3 is 89.4 Å². The lowest BCUT2D eigenvalue weighted by Gasteiger charge is -2.28. The number of hydrogen-bond acceptors (Lipinski definition) is 18. The molecule has 1 aliphatic rings. The third kappa shape index (κ3) is 21.5. The van der Waals surface area contributed by atoms with Gasteiger partial charge >= 0.3 is 0 Å². The van der Waals surface area contributed by atoms with Crippen molar-refractivity contribution in [1.29, 1.82) is 0 Å².